The Balaban J connectivity index is 1.03. The van der Waals surface area contributed by atoms with E-state index in [-0.39, 0.29) is 48.4 Å². The molecule has 6 rings (SSSR count). The smallest absolute Gasteiger partial charge is 0.290 e. The van der Waals surface area contributed by atoms with Gasteiger partial charge in [0.1, 0.15) is 6.04 Å². The lowest BCUT2D eigenvalue weighted by Crippen LogP contribution is -2.47. The third-order valence-electron chi connectivity index (χ3n) is 9.41. The van der Waals surface area contributed by atoms with Crippen molar-refractivity contribution in [2.24, 2.45) is 17.8 Å². The van der Waals surface area contributed by atoms with Gasteiger partial charge < -0.3 is 29.5 Å². The van der Waals surface area contributed by atoms with Crippen LogP contribution >= 0.6 is 0 Å². The Morgan fingerprint density at radius 3 is 2.35 bits per heavy atom. The second-order valence-corrected chi connectivity index (χ2v) is 12.1. The van der Waals surface area contributed by atoms with Gasteiger partial charge in [0.25, 0.3) is 5.91 Å². The van der Waals surface area contributed by atoms with Gasteiger partial charge in [0.2, 0.25) is 11.8 Å². The fraction of sp³-hybridized carbons (Fsp3) is 0.581. The molecule has 1 aliphatic carbocycles. The maximum absolute atomic E-state index is 13.5. The normalized spacial score (nSPS) is 27.7. The van der Waals surface area contributed by atoms with Crippen LogP contribution in [0.2, 0.25) is 0 Å². The van der Waals surface area contributed by atoms with Crippen molar-refractivity contribution in [2.45, 2.75) is 56.7 Å². The van der Waals surface area contributed by atoms with E-state index < -0.39 is 12.1 Å². The Bertz CT molecular complexity index is 1170. The number of hydrogen-bond donors (Lipinski definition) is 2. The number of amides is 3. The van der Waals surface area contributed by atoms with Crippen molar-refractivity contribution in [1.29, 1.82) is 0 Å². The zero-order valence-electron chi connectivity index (χ0n) is 23.0. The van der Waals surface area contributed by atoms with Crippen LogP contribution in [-0.2, 0) is 9.59 Å². The molecule has 4 unspecified atom stereocenters. The fourth-order valence-corrected chi connectivity index (χ4v) is 7.27. The molecule has 9 nitrogen and oxygen atoms in total. The molecule has 2 N–H and O–H groups in total. The Morgan fingerprint density at radius 2 is 1.68 bits per heavy atom. The number of nitrogens with one attached hydrogen (secondary N) is 1. The van der Waals surface area contributed by atoms with Crippen LogP contribution in [0.15, 0.2) is 53.1 Å². The first-order valence-corrected chi connectivity index (χ1v) is 14.8. The zero-order valence-corrected chi connectivity index (χ0v) is 23.0. The summed E-state index contributed by atoms with van der Waals surface area (Å²) in [7, 11) is 0. The lowest BCUT2D eigenvalue weighted by atomic mass is 10.0. The molecule has 1 aromatic carbocycles. The highest BCUT2D eigenvalue weighted by Crippen LogP contribution is 2.34. The molecule has 9 heteroatoms. The minimum absolute atomic E-state index is 0.000655. The summed E-state index contributed by atoms with van der Waals surface area (Å²) in [5, 5.41) is 13.6. The van der Waals surface area contributed by atoms with Crippen LogP contribution in [0.1, 0.15) is 60.7 Å². The van der Waals surface area contributed by atoms with Crippen LogP contribution in [0.25, 0.3) is 0 Å². The largest absolute Gasteiger partial charge is 0.459 e. The Labute approximate surface area is 235 Å². The Hall–Kier alpha value is -3.17. The first-order chi connectivity index (χ1) is 19.5. The standard InChI is InChI=1S/C31H40N4O5/c36-25-15-27(35(20-25)31(39)28-11-6-14-40-28)30(38)34-18-23-16-33(17-24(23)19-34)13-12-26(21-7-2-1-3-8-21)32-29(37)22-9-4-5-10-22/h1-3,6-8,11,14,22-27,36H,4-5,9-10,12-13,15-20H2,(H,32,37)/t23?,24?,25-,26?,27?/m0/s1. The SMILES string of the molecule is O=C(NC(CCN1CC2CN(C(=O)C3C[C@H](O)CN3C(=O)c3ccco3)CC2C1)c1ccccc1)C1CCCC1. The summed E-state index contributed by atoms with van der Waals surface area (Å²) in [5.74, 6) is 0.895. The summed E-state index contributed by atoms with van der Waals surface area (Å²) >= 11 is 0. The van der Waals surface area contributed by atoms with Crippen LogP contribution in [0.5, 0.6) is 0 Å². The predicted molar refractivity (Wildman–Crippen MR) is 148 cm³/mol. The van der Waals surface area contributed by atoms with Crippen molar-refractivity contribution in [3.8, 4) is 0 Å². The maximum Gasteiger partial charge on any atom is 0.290 e. The minimum Gasteiger partial charge on any atom is -0.459 e. The first-order valence-electron chi connectivity index (χ1n) is 14.8. The average Bonchev–Trinajstić information content (AvgIpc) is 3.79. The number of rotatable bonds is 8. The van der Waals surface area contributed by atoms with E-state index in [9.17, 15) is 19.5 Å². The van der Waals surface area contributed by atoms with Crippen LogP contribution in [-0.4, -0.2) is 88.9 Å². The van der Waals surface area contributed by atoms with Gasteiger partial charge in [0.05, 0.1) is 18.4 Å². The molecule has 2 aromatic rings. The average molecular weight is 549 g/mol. The molecule has 4 heterocycles. The molecular formula is C31H40N4O5. The van der Waals surface area contributed by atoms with E-state index in [0.29, 0.717) is 24.9 Å². The van der Waals surface area contributed by atoms with Crippen molar-refractivity contribution in [1.82, 2.24) is 20.0 Å². The van der Waals surface area contributed by atoms with Gasteiger partial charge in [-0.15, -0.1) is 0 Å². The summed E-state index contributed by atoms with van der Waals surface area (Å²) in [6.45, 7) is 4.24. The monoisotopic (exact) mass is 548 g/mol. The number of benzene rings is 1. The first kappa shape index (κ1) is 27.0. The van der Waals surface area contributed by atoms with Gasteiger partial charge in [-0.2, -0.15) is 0 Å². The van der Waals surface area contributed by atoms with E-state index in [1.54, 1.807) is 12.1 Å². The molecule has 214 valence electrons. The van der Waals surface area contributed by atoms with Gasteiger partial charge in [-0.1, -0.05) is 43.2 Å². The summed E-state index contributed by atoms with van der Waals surface area (Å²) in [4.78, 5) is 45.2. The van der Waals surface area contributed by atoms with Crippen LogP contribution in [0, 0.1) is 17.8 Å². The number of hydrogen-bond acceptors (Lipinski definition) is 6. The summed E-state index contributed by atoms with van der Waals surface area (Å²) in [6, 6.07) is 12.8. The van der Waals surface area contributed by atoms with Gasteiger partial charge >= 0.3 is 0 Å². The quantitative estimate of drug-likeness (QED) is 0.526. The van der Waals surface area contributed by atoms with Gasteiger partial charge in [-0.05, 0) is 48.8 Å². The molecule has 4 fully saturated rings. The second-order valence-electron chi connectivity index (χ2n) is 12.1. The predicted octanol–water partition coefficient (Wildman–Crippen LogP) is 2.68. The van der Waals surface area contributed by atoms with Crippen LogP contribution < -0.4 is 5.32 Å². The third kappa shape index (κ3) is 5.67. The maximum atomic E-state index is 13.5. The number of aliphatic hydroxyl groups excluding tert-OH is 1. The molecule has 0 bridgehead atoms. The lowest BCUT2D eigenvalue weighted by molar-refractivity contribution is -0.134. The summed E-state index contributed by atoms with van der Waals surface area (Å²) in [5.41, 5.74) is 1.15. The number of aliphatic hydroxyl groups is 1. The molecule has 40 heavy (non-hydrogen) atoms. The van der Waals surface area contributed by atoms with Crippen molar-refractivity contribution in [2.75, 3.05) is 39.3 Å². The van der Waals surface area contributed by atoms with Crippen LogP contribution in [0.4, 0.5) is 0 Å². The van der Waals surface area contributed by atoms with E-state index in [0.717, 1.165) is 57.3 Å². The highest BCUT2D eigenvalue weighted by Gasteiger charge is 2.47. The highest BCUT2D eigenvalue weighted by molar-refractivity contribution is 5.96. The van der Waals surface area contributed by atoms with E-state index in [1.165, 1.54) is 11.2 Å². The van der Waals surface area contributed by atoms with Gasteiger partial charge in [0.15, 0.2) is 5.76 Å². The number of carbonyl (C=O) groups is 3. The van der Waals surface area contributed by atoms with Crippen LogP contribution in [0.3, 0.4) is 0 Å². The number of likely N-dealkylation sites (tertiary alicyclic amines) is 3. The lowest BCUT2D eigenvalue weighted by Gasteiger charge is -2.29. The Morgan fingerprint density at radius 1 is 0.950 bits per heavy atom. The Kier molecular flexibility index (Phi) is 7.94. The van der Waals surface area contributed by atoms with Gasteiger partial charge in [-0.3, -0.25) is 14.4 Å². The second kappa shape index (κ2) is 11.7. The zero-order chi connectivity index (χ0) is 27.6. The van der Waals surface area contributed by atoms with Crippen molar-refractivity contribution in [3.63, 3.8) is 0 Å². The number of furan rings is 1. The van der Waals surface area contributed by atoms with E-state index in [2.05, 4.69) is 22.3 Å². The molecule has 3 amide bonds. The number of carbonyl (C=O) groups excluding carboxylic acids is 3. The molecule has 1 aromatic heterocycles. The van der Waals surface area contributed by atoms with Crippen molar-refractivity contribution in [3.05, 3.63) is 60.1 Å². The molecule has 3 aliphatic heterocycles. The van der Waals surface area contributed by atoms with E-state index in [1.807, 2.05) is 23.1 Å². The molecule has 4 aliphatic rings. The van der Waals surface area contributed by atoms with Gasteiger partial charge in [0, 0.05) is 51.6 Å². The van der Waals surface area contributed by atoms with E-state index >= 15 is 0 Å². The molecule has 0 spiro atoms. The molecular weight excluding hydrogens is 508 g/mol. The third-order valence-corrected chi connectivity index (χ3v) is 9.41. The number of fused-ring (bicyclic) bond motifs is 1. The highest BCUT2D eigenvalue weighted by atomic mass is 16.3. The fourth-order valence-electron chi connectivity index (χ4n) is 7.27. The molecule has 1 saturated carbocycles. The number of nitrogens with zero attached hydrogens (tertiary/aromatic N) is 3. The van der Waals surface area contributed by atoms with Crippen molar-refractivity contribution < 1.29 is 23.9 Å². The topological polar surface area (TPSA) is 106 Å². The van der Waals surface area contributed by atoms with Gasteiger partial charge in [-0.25, -0.2) is 0 Å². The van der Waals surface area contributed by atoms with E-state index in [4.69, 9.17) is 4.42 Å². The summed E-state index contributed by atoms with van der Waals surface area (Å²) < 4.78 is 5.26. The van der Waals surface area contributed by atoms with Crippen molar-refractivity contribution >= 4 is 17.7 Å². The minimum atomic E-state index is -0.711. The number of β-amino-alcohol motifs (C(OH)–C–C–N with tert-alkyl or cyclic N) is 1. The summed E-state index contributed by atoms with van der Waals surface area (Å²) in [6.07, 6.45) is 6.12. The molecule has 5 atom stereocenters. The molecule has 3 saturated heterocycles. The molecule has 0 radical (unpaired) electrons.